The lowest BCUT2D eigenvalue weighted by Crippen LogP contribution is -1.96. The van der Waals surface area contributed by atoms with E-state index in [4.69, 9.17) is 23.8 Å². The van der Waals surface area contributed by atoms with Gasteiger partial charge in [0.1, 0.15) is 0 Å². The Balaban J connectivity index is 1.96. The first-order valence-electron chi connectivity index (χ1n) is 6.77. The summed E-state index contributed by atoms with van der Waals surface area (Å²) in [5, 5.41) is 22.3. The second-order valence-corrected chi connectivity index (χ2v) is 5.53. The summed E-state index contributed by atoms with van der Waals surface area (Å²) in [5.74, 6) is 0.476. The molecule has 24 heavy (non-hydrogen) atoms. The molecule has 0 aliphatic carbocycles. The average Bonchev–Trinajstić information content (AvgIpc) is 2.94. The maximum absolute atomic E-state index is 10.7. The molecule has 3 aromatic rings. The van der Waals surface area contributed by atoms with E-state index in [0.29, 0.717) is 26.7 Å². The Morgan fingerprint density at radius 2 is 1.96 bits per heavy atom. The number of aromatic nitrogens is 3. The molecule has 9 heteroatoms. The lowest BCUT2D eigenvalue weighted by molar-refractivity contribution is -0.384. The standard InChI is InChI=1S/C15H10ClN5O2S/c16-13-4-2-1-3-12(13)14-18-19-15(24)20(14)17-9-10-5-7-11(8-6-10)21(22)23/h1-9H,(H,19,24)/b17-9+. The van der Waals surface area contributed by atoms with E-state index in [2.05, 4.69) is 15.3 Å². The van der Waals surface area contributed by atoms with Gasteiger partial charge >= 0.3 is 0 Å². The third-order valence-electron chi connectivity index (χ3n) is 3.19. The monoisotopic (exact) mass is 359 g/mol. The lowest BCUT2D eigenvalue weighted by Gasteiger charge is -2.02. The zero-order valence-corrected chi connectivity index (χ0v) is 13.7. The largest absolute Gasteiger partial charge is 0.269 e. The second-order valence-electron chi connectivity index (χ2n) is 4.74. The first-order chi connectivity index (χ1) is 11.6. The minimum absolute atomic E-state index is 0.0174. The highest BCUT2D eigenvalue weighted by Crippen LogP contribution is 2.25. The van der Waals surface area contributed by atoms with E-state index in [9.17, 15) is 10.1 Å². The fourth-order valence-corrected chi connectivity index (χ4v) is 2.42. The summed E-state index contributed by atoms with van der Waals surface area (Å²) in [6, 6.07) is 13.2. The van der Waals surface area contributed by atoms with Crippen LogP contribution >= 0.6 is 23.8 Å². The van der Waals surface area contributed by atoms with E-state index in [1.807, 2.05) is 18.2 Å². The summed E-state index contributed by atoms with van der Waals surface area (Å²) in [7, 11) is 0. The number of H-pyrrole nitrogens is 1. The fraction of sp³-hybridized carbons (Fsp3) is 0. The first-order valence-corrected chi connectivity index (χ1v) is 7.56. The quantitative estimate of drug-likeness (QED) is 0.329. The van der Waals surface area contributed by atoms with E-state index in [-0.39, 0.29) is 5.69 Å². The summed E-state index contributed by atoms with van der Waals surface area (Å²) >= 11 is 11.4. The first kappa shape index (κ1) is 16.0. The van der Waals surface area contributed by atoms with Crippen LogP contribution in [-0.2, 0) is 0 Å². The van der Waals surface area contributed by atoms with Crippen molar-refractivity contribution in [3.05, 3.63) is 74.0 Å². The van der Waals surface area contributed by atoms with Gasteiger partial charge in [-0.05, 0) is 42.0 Å². The SMILES string of the molecule is O=[N+]([O-])c1ccc(/C=N/n2c(-c3ccccc3Cl)n[nH]c2=S)cc1. The molecule has 7 nitrogen and oxygen atoms in total. The fourth-order valence-electron chi connectivity index (χ4n) is 2.02. The van der Waals surface area contributed by atoms with Crippen LogP contribution in [0.4, 0.5) is 5.69 Å². The average molecular weight is 360 g/mol. The molecular weight excluding hydrogens is 350 g/mol. The molecule has 0 saturated carbocycles. The van der Waals surface area contributed by atoms with Gasteiger partial charge in [0.05, 0.1) is 16.2 Å². The van der Waals surface area contributed by atoms with Crippen LogP contribution in [0.5, 0.6) is 0 Å². The zero-order valence-electron chi connectivity index (χ0n) is 12.1. The van der Waals surface area contributed by atoms with Crippen LogP contribution < -0.4 is 0 Å². The van der Waals surface area contributed by atoms with Gasteiger partial charge < -0.3 is 0 Å². The van der Waals surface area contributed by atoms with Gasteiger partial charge in [-0.1, -0.05) is 23.7 Å². The number of benzene rings is 2. The van der Waals surface area contributed by atoms with Crippen molar-refractivity contribution >= 4 is 35.7 Å². The number of nitrogens with zero attached hydrogens (tertiary/aromatic N) is 4. The van der Waals surface area contributed by atoms with E-state index in [1.54, 1.807) is 18.2 Å². The van der Waals surface area contributed by atoms with E-state index in [1.165, 1.54) is 23.0 Å². The Hall–Kier alpha value is -2.84. The summed E-state index contributed by atoms with van der Waals surface area (Å²) in [5.41, 5.74) is 1.39. The van der Waals surface area contributed by atoms with Crippen LogP contribution in [0, 0.1) is 14.9 Å². The van der Waals surface area contributed by atoms with Crippen molar-refractivity contribution in [3.8, 4) is 11.4 Å². The molecule has 0 spiro atoms. The van der Waals surface area contributed by atoms with Crippen LogP contribution in [0.1, 0.15) is 5.56 Å². The number of halogens is 1. The predicted molar refractivity (Wildman–Crippen MR) is 93.9 cm³/mol. The van der Waals surface area contributed by atoms with Gasteiger partial charge in [0.2, 0.25) is 4.77 Å². The number of aromatic amines is 1. The molecule has 0 amide bonds. The Morgan fingerprint density at radius 1 is 1.25 bits per heavy atom. The third kappa shape index (κ3) is 3.24. The third-order valence-corrected chi connectivity index (χ3v) is 3.79. The van der Waals surface area contributed by atoms with Crippen LogP contribution in [0.3, 0.4) is 0 Å². The van der Waals surface area contributed by atoms with Gasteiger partial charge in [-0.3, -0.25) is 10.1 Å². The van der Waals surface area contributed by atoms with Crippen molar-refractivity contribution in [1.29, 1.82) is 0 Å². The minimum atomic E-state index is -0.456. The summed E-state index contributed by atoms with van der Waals surface area (Å²) < 4.78 is 1.75. The number of rotatable bonds is 4. The van der Waals surface area contributed by atoms with Crippen molar-refractivity contribution in [2.45, 2.75) is 0 Å². The summed E-state index contributed by atoms with van der Waals surface area (Å²) in [4.78, 5) is 10.2. The smallest absolute Gasteiger partial charge is 0.258 e. The Bertz CT molecular complexity index is 978. The Kier molecular flexibility index (Phi) is 4.50. The molecule has 0 bridgehead atoms. The molecule has 0 atom stereocenters. The van der Waals surface area contributed by atoms with E-state index < -0.39 is 4.92 Å². The number of nitrogens with one attached hydrogen (secondary N) is 1. The molecule has 1 aromatic heterocycles. The lowest BCUT2D eigenvalue weighted by atomic mass is 10.2. The molecule has 2 aromatic carbocycles. The van der Waals surface area contributed by atoms with Crippen LogP contribution in [0.25, 0.3) is 11.4 Å². The number of hydrogen-bond acceptors (Lipinski definition) is 5. The molecule has 1 heterocycles. The summed E-state index contributed by atoms with van der Waals surface area (Å²) in [6.07, 6.45) is 1.54. The van der Waals surface area contributed by atoms with Gasteiger partial charge in [-0.2, -0.15) is 14.9 Å². The summed E-state index contributed by atoms with van der Waals surface area (Å²) in [6.45, 7) is 0. The number of nitro groups is 1. The molecule has 3 rings (SSSR count). The molecule has 0 aliphatic heterocycles. The number of hydrogen-bond donors (Lipinski definition) is 1. The van der Waals surface area contributed by atoms with Gasteiger partial charge in [0.25, 0.3) is 5.69 Å². The van der Waals surface area contributed by atoms with Crippen molar-refractivity contribution in [3.63, 3.8) is 0 Å². The highest BCUT2D eigenvalue weighted by molar-refractivity contribution is 7.71. The van der Waals surface area contributed by atoms with Crippen molar-refractivity contribution < 1.29 is 4.92 Å². The van der Waals surface area contributed by atoms with Crippen LogP contribution in [0.2, 0.25) is 5.02 Å². The number of nitro benzene ring substituents is 1. The maximum atomic E-state index is 10.7. The van der Waals surface area contributed by atoms with E-state index >= 15 is 0 Å². The minimum Gasteiger partial charge on any atom is -0.258 e. The molecule has 1 N–H and O–H groups in total. The van der Waals surface area contributed by atoms with Gasteiger partial charge in [-0.25, -0.2) is 5.10 Å². The van der Waals surface area contributed by atoms with Gasteiger partial charge in [0.15, 0.2) is 5.82 Å². The van der Waals surface area contributed by atoms with Crippen molar-refractivity contribution in [2.24, 2.45) is 5.10 Å². The Morgan fingerprint density at radius 3 is 2.62 bits per heavy atom. The maximum Gasteiger partial charge on any atom is 0.269 e. The predicted octanol–water partition coefficient (Wildman–Crippen LogP) is 4.05. The molecule has 0 unspecified atom stereocenters. The second kappa shape index (κ2) is 6.73. The van der Waals surface area contributed by atoms with Gasteiger partial charge in [0, 0.05) is 17.7 Å². The highest BCUT2D eigenvalue weighted by Gasteiger charge is 2.11. The van der Waals surface area contributed by atoms with Gasteiger partial charge in [-0.15, -0.1) is 0 Å². The zero-order chi connectivity index (χ0) is 17.1. The van der Waals surface area contributed by atoms with E-state index in [0.717, 1.165) is 0 Å². The van der Waals surface area contributed by atoms with Crippen molar-refractivity contribution in [2.75, 3.05) is 0 Å². The molecule has 0 radical (unpaired) electrons. The van der Waals surface area contributed by atoms with Crippen molar-refractivity contribution in [1.82, 2.24) is 14.9 Å². The normalized spacial score (nSPS) is 11.0. The molecule has 0 aliphatic rings. The highest BCUT2D eigenvalue weighted by atomic mass is 35.5. The molecule has 0 saturated heterocycles. The topological polar surface area (TPSA) is 89.1 Å². The molecular formula is C15H10ClN5O2S. The molecule has 120 valence electrons. The Labute approximate surface area is 146 Å². The molecule has 0 fully saturated rings. The number of non-ortho nitro benzene ring substituents is 1. The van der Waals surface area contributed by atoms with Crippen LogP contribution in [-0.4, -0.2) is 26.0 Å². The van der Waals surface area contributed by atoms with Crippen LogP contribution in [0.15, 0.2) is 53.6 Å².